The zero-order valence-electron chi connectivity index (χ0n) is 34.1. The molecule has 5 nitrogen and oxygen atoms in total. The van der Waals surface area contributed by atoms with Crippen LogP contribution in [-0.4, -0.2) is 24.1 Å². The third-order valence-electron chi connectivity index (χ3n) is 13.3. The number of hydrogen-bond donors (Lipinski definition) is 0. The van der Waals surface area contributed by atoms with Gasteiger partial charge in [0.05, 0.1) is 27.8 Å². The first-order chi connectivity index (χ1) is 28.7. The molecule has 1 unspecified atom stereocenters. The summed E-state index contributed by atoms with van der Waals surface area (Å²) in [5, 5.41) is 4.73. The Morgan fingerprint density at radius 3 is 1.58 bits per heavy atom. The van der Waals surface area contributed by atoms with Gasteiger partial charge < -0.3 is 4.57 Å². The Hall–Kier alpha value is -6.85. The molecule has 11 rings (SSSR count). The number of benzene rings is 7. The summed E-state index contributed by atoms with van der Waals surface area (Å²) >= 11 is 0. The third-order valence-corrected chi connectivity index (χ3v) is 13.3. The van der Waals surface area contributed by atoms with Crippen molar-refractivity contribution < 1.29 is 0 Å². The molecule has 3 heterocycles. The van der Waals surface area contributed by atoms with Gasteiger partial charge in [-0.05, 0) is 63.6 Å². The van der Waals surface area contributed by atoms with Gasteiger partial charge in [-0.1, -0.05) is 180 Å². The van der Waals surface area contributed by atoms with E-state index in [2.05, 4.69) is 183 Å². The minimum Gasteiger partial charge on any atom is -0.307 e. The van der Waals surface area contributed by atoms with E-state index in [-0.39, 0.29) is 10.8 Å². The zero-order valence-corrected chi connectivity index (χ0v) is 34.1. The highest BCUT2D eigenvalue weighted by molar-refractivity contribution is 6.23. The summed E-state index contributed by atoms with van der Waals surface area (Å²) in [5.41, 5.74) is 12.7. The van der Waals surface area contributed by atoms with E-state index in [9.17, 15) is 0 Å². The number of para-hydroxylation sites is 2. The van der Waals surface area contributed by atoms with Gasteiger partial charge in [-0.15, -0.1) is 0 Å². The molecule has 0 fully saturated rings. The van der Waals surface area contributed by atoms with Crippen LogP contribution in [-0.2, 0) is 10.8 Å². The van der Waals surface area contributed by atoms with Crippen LogP contribution in [0, 0.1) is 5.92 Å². The highest BCUT2D eigenvalue weighted by Crippen LogP contribution is 2.52. The van der Waals surface area contributed by atoms with Crippen LogP contribution < -0.4 is 0 Å². The molecule has 7 aromatic carbocycles. The summed E-state index contributed by atoms with van der Waals surface area (Å²) in [7, 11) is 0. The molecule has 0 saturated heterocycles. The number of hydrogen-bond acceptors (Lipinski definition) is 3. The van der Waals surface area contributed by atoms with E-state index in [1.54, 1.807) is 0 Å². The largest absolute Gasteiger partial charge is 0.307 e. The third kappa shape index (κ3) is 5.41. The first kappa shape index (κ1) is 35.3. The SMILES string of the molecule is CC1CC(C)(C)c2c(-n3c4ccccc4c4ccc5c6ccccc6n(-c6nc(-c7ccccc7)nc(-c7ccc(-c8ccccc8)cc7)n6)c5c43)cccc2C1(C)C. The molecule has 1 aliphatic carbocycles. The fourth-order valence-electron chi connectivity index (χ4n) is 10.1. The Morgan fingerprint density at radius 1 is 0.458 bits per heavy atom. The van der Waals surface area contributed by atoms with E-state index in [1.165, 1.54) is 38.7 Å². The van der Waals surface area contributed by atoms with Gasteiger partial charge in [0.1, 0.15) is 0 Å². The van der Waals surface area contributed by atoms with Crippen molar-refractivity contribution >= 4 is 43.6 Å². The van der Waals surface area contributed by atoms with Crippen LogP contribution in [0.2, 0.25) is 0 Å². The normalized spacial score (nSPS) is 15.9. The predicted octanol–water partition coefficient (Wildman–Crippen LogP) is 13.7. The van der Waals surface area contributed by atoms with Crippen molar-refractivity contribution in [3.05, 3.63) is 175 Å². The van der Waals surface area contributed by atoms with Crippen molar-refractivity contribution in [2.45, 2.75) is 51.9 Å². The maximum atomic E-state index is 5.39. The molecule has 59 heavy (non-hydrogen) atoms. The lowest BCUT2D eigenvalue weighted by atomic mass is 9.58. The molecular formula is C54H45N5. The molecule has 1 atom stereocenters. The second kappa shape index (κ2) is 13.1. The van der Waals surface area contributed by atoms with E-state index >= 15 is 0 Å². The highest BCUT2D eigenvalue weighted by atomic mass is 15.2. The fraction of sp³-hybridized carbons (Fsp3) is 0.167. The number of aromatic nitrogens is 5. The van der Waals surface area contributed by atoms with Crippen LogP contribution in [0.15, 0.2) is 164 Å². The summed E-state index contributed by atoms with van der Waals surface area (Å²) in [6.45, 7) is 12.1. The fourth-order valence-corrected chi connectivity index (χ4v) is 10.1. The van der Waals surface area contributed by atoms with Gasteiger partial charge >= 0.3 is 0 Å². The molecule has 0 amide bonds. The minimum atomic E-state index is -0.0388. The van der Waals surface area contributed by atoms with E-state index in [4.69, 9.17) is 15.0 Å². The van der Waals surface area contributed by atoms with Crippen molar-refractivity contribution in [1.29, 1.82) is 0 Å². The Morgan fingerprint density at radius 2 is 0.949 bits per heavy atom. The summed E-state index contributed by atoms with van der Waals surface area (Å²) in [4.78, 5) is 15.9. The Balaban J connectivity index is 1.25. The highest BCUT2D eigenvalue weighted by Gasteiger charge is 2.43. The zero-order chi connectivity index (χ0) is 40.0. The molecule has 0 bridgehead atoms. The molecule has 0 N–H and O–H groups in total. The van der Waals surface area contributed by atoms with E-state index in [1.807, 2.05) is 24.3 Å². The van der Waals surface area contributed by atoms with Crippen molar-refractivity contribution in [1.82, 2.24) is 24.1 Å². The van der Waals surface area contributed by atoms with Gasteiger partial charge in [0.25, 0.3) is 0 Å². The number of nitrogens with zero attached hydrogens (tertiary/aromatic N) is 5. The van der Waals surface area contributed by atoms with Gasteiger partial charge in [-0.25, -0.2) is 4.98 Å². The second-order valence-corrected chi connectivity index (χ2v) is 17.6. The molecule has 3 aromatic heterocycles. The van der Waals surface area contributed by atoms with Crippen molar-refractivity contribution in [3.63, 3.8) is 0 Å². The van der Waals surface area contributed by atoms with Crippen LogP contribution in [0.25, 0.3) is 89.2 Å². The summed E-state index contributed by atoms with van der Waals surface area (Å²) in [6, 6.07) is 58.5. The quantitative estimate of drug-likeness (QED) is 0.175. The van der Waals surface area contributed by atoms with Crippen molar-refractivity contribution in [2.75, 3.05) is 0 Å². The molecule has 0 spiro atoms. The summed E-state index contributed by atoms with van der Waals surface area (Å²) in [6.07, 6.45) is 1.11. The summed E-state index contributed by atoms with van der Waals surface area (Å²) < 4.78 is 4.85. The number of fused-ring (bicyclic) bond motifs is 8. The molecule has 5 heteroatoms. The van der Waals surface area contributed by atoms with E-state index < -0.39 is 0 Å². The molecule has 1 aliphatic rings. The lowest BCUT2D eigenvalue weighted by Crippen LogP contribution is -2.41. The molecule has 0 saturated carbocycles. The van der Waals surface area contributed by atoms with Crippen molar-refractivity contribution in [3.8, 4) is 45.5 Å². The lowest BCUT2D eigenvalue weighted by molar-refractivity contribution is 0.233. The maximum Gasteiger partial charge on any atom is 0.238 e. The molecule has 286 valence electrons. The Kier molecular flexibility index (Phi) is 7.83. The van der Waals surface area contributed by atoms with Gasteiger partial charge in [0, 0.05) is 32.7 Å². The average molecular weight is 764 g/mol. The monoisotopic (exact) mass is 763 g/mol. The maximum absolute atomic E-state index is 5.39. The topological polar surface area (TPSA) is 48.5 Å². The van der Waals surface area contributed by atoms with Crippen LogP contribution in [0.4, 0.5) is 0 Å². The molecule has 10 aromatic rings. The molecular weight excluding hydrogens is 719 g/mol. The molecule has 0 radical (unpaired) electrons. The second-order valence-electron chi connectivity index (χ2n) is 17.6. The Bertz CT molecular complexity index is 3240. The molecule has 0 aliphatic heterocycles. The van der Waals surface area contributed by atoms with Crippen LogP contribution >= 0.6 is 0 Å². The standard InChI is InChI=1S/C54H45N5/c1-34-33-53(2,3)47-43(54(34,4)5)23-16-26-46(47)58-44-24-14-12-21-39(44)41-31-32-42-40-22-13-15-25-45(40)59(49(42)48(41)58)52-56-50(37-19-10-7-11-20-37)55-51(57-52)38-29-27-36(28-30-38)35-17-8-6-9-18-35/h6-32,34H,33H2,1-5H3. The van der Waals surface area contributed by atoms with Crippen LogP contribution in [0.5, 0.6) is 0 Å². The van der Waals surface area contributed by atoms with Gasteiger partial charge in [-0.2, -0.15) is 9.97 Å². The number of rotatable bonds is 5. The van der Waals surface area contributed by atoms with Crippen molar-refractivity contribution in [2.24, 2.45) is 5.92 Å². The van der Waals surface area contributed by atoms with Gasteiger partial charge in [0.15, 0.2) is 11.6 Å². The van der Waals surface area contributed by atoms with Gasteiger partial charge in [-0.3, -0.25) is 4.57 Å². The smallest absolute Gasteiger partial charge is 0.238 e. The van der Waals surface area contributed by atoms with E-state index in [0.717, 1.165) is 50.4 Å². The lowest BCUT2D eigenvalue weighted by Gasteiger charge is -2.47. The summed E-state index contributed by atoms with van der Waals surface area (Å²) in [5.74, 6) is 2.38. The predicted molar refractivity (Wildman–Crippen MR) is 245 cm³/mol. The first-order valence-corrected chi connectivity index (χ1v) is 20.8. The van der Waals surface area contributed by atoms with E-state index in [0.29, 0.717) is 23.5 Å². The van der Waals surface area contributed by atoms with Gasteiger partial charge in [0.2, 0.25) is 5.95 Å². The van der Waals surface area contributed by atoms with Crippen LogP contribution in [0.1, 0.15) is 52.2 Å². The Labute approximate surface area is 344 Å². The minimum absolute atomic E-state index is 0.0261. The van der Waals surface area contributed by atoms with Crippen LogP contribution in [0.3, 0.4) is 0 Å². The first-order valence-electron chi connectivity index (χ1n) is 20.8. The average Bonchev–Trinajstić information content (AvgIpc) is 3.79.